The number of nitrogens with one attached hydrogen (secondary N) is 2. The minimum atomic E-state index is -0.900. The van der Waals surface area contributed by atoms with Crippen molar-refractivity contribution in [1.82, 2.24) is 10.3 Å². The third-order valence-corrected chi connectivity index (χ3v) is 5.46. The van der Waals surface area contributed by atoms with Gasteiger partial charge in [-0.15, -0.1) is 0 Å². The molecular formula is C22H22N2O4S. The van der Waals surface area contributed by atoms with Crippen LogP contribution in [0.2, 0.25) is 0 Å². The Labute approximate surface area is 172 Å². The third-order valence-electron chi connectivity index (χ3n) is 4.63. The van der Waals surface area contributed by atoms with E-state index in [9.17, 15) is 14.4 Å². The van der Waals surface area contributed by atoms with Crippen molar-refractivity contribution >= 4 is 23.2 Å². The number of aryl methyl sites for hydroxylation is 1. The van der Waals surface area contributed by atoms with E-state index in [2.05, 4.69) is 46.7 Å². The molecule has 0 saturated carbocycles. The molecule has 7 heteroatoms. The monoisotopic (exact) mass is 410 g/mol. The Kier molecular flexibility index (Phi) is 6.97. The summed E-state index contributed by atoms with van der Waals surface area (Å²) in [5.41, 5.74) is 3.40. The Morgan fingerprint density at radius 3 is 2.31 bits per heavy atom. The van der Waals surface area contributed by atoms with Crippen LogP contribution in [0.3, 0.4) is 0 Å². The molecule has 0 fully saturated rings. The predicted molar refractivity (Wildman–Crippen MR) is 113 cm³/mol. The van der Waals surface area contributed by atoms with E-state index in [1.807, 2.05) is 18.2 Å². The number of aliphatic carboxylic acids is 1. The van der Waals surface area contributed by atoms with Crippen LogP contribution in [0, 0.1) is 0 Å². The van der Waals surface area contributed by atoms with Gasteiger partial charge in [-0.25, -0.2) is 0 Å². The van der Waals surface area contributed by atoms with Crippen LogP contribution in [-0.4, -0.2) is 28.0 Å². The lowest BCUT2D eigenvalue weighted by Gasteiger charge is -2.17. The van der Waals surface area contributed by atoms with Crippen LogP contribution in [0.25, 0.3) is 11.1 Å². The van der Waals surface area contributed by atoms with E-state index in [0.29, 0.717) is 24.1 Å². The highest BCUT2D eigenvalue weighted by Crippen LogP contribution is 2.20. The van der Waals surface area contributed by atoms with Gasteiger partial charge in [-0.1, -0.05) is 65.9 Å². The number of carbonyl (C=O) groups excluding carboxylic acids is 1. The number of carbonyl (C=O) groups is 2. The lowest BCUT2D eigenvalue weighted by atomic mass is 9.99. The van der Waals surface area contributed by atoms with Gasteiger partial charge in [0.1, 0.15) is 4.88 Å². The molecule has 1 aromatic heterocycles. The summed E-state index contributed by atoms with van der Waals surface area (Å²) < 4.78 is 0. The Morgan fingerprint density at radius 2 is 1.69 bits per heavy atom. The average molecular weight is 410 g/mol. The molecular weight excluding hydrogens is 388 g/mol. The van der Waals surface area contributed by atoms with Crippen LogP contribution in [-0.2, 0) is 11.2 Å². The van der Waals surface area contributed by atoms with E-state index in [0.717, 1.165) is 28.0 Å². The van der Waals surface area contributed by atoms with Gasteiger partial charge < -0.3 is 15.4 Å². The first-order chi connectivity index (χ1) is 14.0. The van der Waals surface area contributed by atoms with Gasteiger partial charge in [0.05, 0.1) is 0 Å². The summed E-state index contributed by atoms with van der Waals surface area (Å²) in [5, 5.41) is 11.8. The molecule has 0 bridgehead atoms. The van der Waals surface area contributed by atoms with E-state index in [1.165, 1.54) is 6.20 Å². The molecule has 0 aliphatic rings. The number of rotatable bonds is 9. The SMILES string of the molecule is O=C(O)CCC(CCc1ccc(-c2ccccc2)cc1)NC(=O)c1c[nH]c(=O)s1. The molecule has 3 N–H and O–H groups in total. The highest BCUT2D eigenvalue weighted by molar-refractivity contribution is 7.11. The van der Waals surface area contributed by atoms with Crippen LogP contribution < -0.4 is 10.2 Å². The zero-order valence-corrected chi connectivity index (χ0v) is 16.6. The molecule has 0 aliphatic heterocycles. The summed E-state index contributed by atoms with van der Waals surface area (Å²) in [6, 6.07) is 18.0. The van der Waals surface area contributed by atoms with Crippen LogP contribution in [0.1, 0.15) is 34.5 Å². The van der Waals surface area contributed by atoms with Crippen molar-refractivity contribution in [3.8, 4) is 11.1 Å². The molecule has 0 saturated heterocycles. The Morgan fingerprint density at radius 1 is 1.00 bits per heavy atom. The minimum absolute atomic E-state index is 0.0265. The molecule has 0 aliphatic carbocycles. The second-order valence-corrected chi connectivity index (χ2v) is 7.76. The first-order valence-corrected chi connectivity index (χ1v) is 10.2. The van der Waals surface area contributed by atoms with Crippen LogP contribution in [0.15, 0.2) is 65.6 Å². The maximum atomic E-state index is 12.3. The Hall–Kier alpha value is -3.19. The molecule has 29 heavy (non-hydrogen) atoms. The lowest BCUT2D eigenvalue weighted by Crippen LogP contribution is -2.35. The van der Waals surface area contributed by atoms with Gasteiger partial charge in [-0.2, -0.15) is 0 Å². The van der Waals surface area contributed by atoms with E-state index in [4.69, 9.17) is 5.11 Å². The molecule has 3 rings (SSSR count). The number of thiazole rings is 1. The van der Waals surface area contributed by atoms with Crippen molar-refractivity contribution < 1.29 is 14.7 Å². The number of benzene rings is 2. The van der Waals surface area contributed by atoms with Gasteiger partial charge in [0.15, 0.2) is 0 Å². The molecule has 150 valence electrons. The minimum Gasteiger partial charge on any atom is -0.481 e. The standard InChI is InChI=1S/C22H22N2O4S/c25-20(26)13-12-18(24-21(27)19-14-23-22(28)29-19)11-8-15-6-9-17(10-7-15)16-4-2-1-3-5-16/h1-7,9-10,14,18H,8,11-13H2,(H,23,28)(H,24,27)(H,25,26). The quantitative estimate of drug-likeness (QED) is 0.501. The lowest BCUT2D eigenvalue weighted by molar-refractivity contribution is -0.137. The number of amides is 1. The number of hydrogen-bond acceptors (Lipinski definition) is 4. The molecule has 0 spiro atoms. The Bertz CT molecular complexity index is 1010. The molecule has 6 nitrogen and oxygen atoms in total. The molecule has 1 unspecified atom stereocenters. The number of H-pyrrole nitrogens is 1. The summed E-state index contributed by atoms with van der Waals surface area (Å²) in [7, 11) is 0. The number of carboxylic acids is 1. The molecule has 1 heterocycles. The van der Waals surface area contributed by atoms with Crippen LogP contribution in [0.5, 0.6) is 0 Å². The average Bonchev–Trinajstić information content (AvgIpc) is 3.17. The summed E-state index contributed by atoms with van der Waals surface area (Å²) in [5.74, 6) is -1.26. The van der Waals surface area contributed by atoms with E-state index in [1.54, 1.807) is 0 Å². The number of aromatic amines is 1. The fourth-order valence-corrected chi connectivity index (χ4v) is 3.66. The van der Waals surface area contributed by atoms with Crippen molar-refractivity contribution in [2.24, 2.45) is 0 Å². The Balaban J connectivity index is 1.62. The molecule has 1 atom stereocenters. The molecule has 2 aromatic carbocycles. The second kappa shape index (κ2) is 9.84. The number of hydrogen-bond donors (Lipinski definition) is 3. The van der Waals surface area contributed by atoms with Gasteiger partial charge >= 0.3 is 10.8 Å². The van der Waals surface area contributed by atoms with Crippen molar-refractivity contribution in [2.75, 3.05) is 0 Å². The van der Waals surface area contributed by atoms with Crippen molar-refractivity contribution in [3.63, 3.8) is 0 Å². The largest absolute Gasteiger partial charge is 0.481 e. The second-order valence-electron chi connectivity index (χ2n) is 6.75. The summed E-state index contributed by atoms with van der Waals surface area (Å²) in [4.78, 5) is 37.0. The highest BCUT2D eigenvalue weighted by Gasteiger charge is 2.17. The topological polar surface area (TPSA) is 99.3 Å². The highest BCUT2D eigenvalue weighted by atomic mass is 32.1. The normalized spacial score (nSPS) is 11.7. The molecule has 0 radical (unpaired) electrons. The van der Waals surface area contributed by atoms with Gasteiger partial charge in [0.2, 0.25) is 0 Å². The molecule has 3 aromatic rings. The predicted octanol–water partition coefficient (Wildman–Crippen LogP) is 3.70. The summed E-state index contributed by atoms with van der Waals surface area (Å²) >= 11 is 0.837. The zero-order chi connectivity index (χ0) is 20.6. The third kappa shape index (κ3) is 6.15. The van der Waals surface area contributed by atoms with Crippen LogP contribution in [0.4, 0.5) is 0 Å². The molecule has 1 amide bonds. The van der Waals surface area contributed by atoms with E-state index in [-0.39, 0.29) is 23.2 Å². The van der Waals surface area contributed by atoms with E-state index >= 15 is 0 Å². The van der Waals surface area contributed by atoms with Gasteiger partial charge in [-0.05, 0) is 36.0 Å². The van der Waals surface area contributed by atoms with Crippen molar-refractivity contribution in [2.45, 2.75) is 31.7 Å². The fourth-order valence-electron chi connectivity index (χ4n) is 3.07. The van der Waals surface area contributed by atoms with Gasteiger partial charge in [0.25, 0.3) is 5.91 Å². The smallest absolute Gasteiger partial charge is 0.305 e. The maximum absolute atomic E-state index is 12.3. The summed E-state index contributed by atoms with van der Waals surface area (Å²) in [6.07, 6.45) is 3.01. The van der Waals surface area contributed by atoms with Gasteiger partial charge in [0, 0.05) is 18.7 Å². The maximum Gasteiger partial charge on any atom is 0.305 e. The van der Waals surface area contributed by atoms with Crippen LogP contribution >= 0.6 is 11.3 Å². The first kappa shape index (κ1) is 20.5. The number of carboxylic acid groups (broad SMARTS) is 1. The van der Waals surface area contributed by atoms with Crippen molar-refractivity contribution in [3.05, 3.63) is 80.9 Å². The zero-order valence-electron chi connectivity index (χ0n) is 15.8. The number of aromatic nitrogens is 1. The van der Waals surface area contributed by atoms with Gasteiger partial charge in [-0.3, -0.25) is 14.4 Å². The fraction of sp³-hybridized carbons (Fsp3) is 0.227. The van der Waals surface area contributed by atoms with Crippen molar-refractivity contribution in [1.29, 1.82) is 0 Å². The first-order valence-electron chi connectivity index (χ1n) is 9.37. The summed E-state index contributed by atoms with van der Waals surface area (Å²) in [6.45, 7) is 0. The van der Waals surface area contributed by atoms with E-state index < -0.39 is 5.97 Å².